The average molecular weight is 315 g/mol. The lowest BCUT2D eigenvalue weighted by Crippen LogP contribution is -2.27. The van der Waals surface area contributed by atoms with Gasteiger partial charge in [-0.1, -0.05) is 77.0 Å². The molecule has 1 unspecified atom stereocenters. The van der Waals surface area contributed by atoms with Gasteiger partial charge >= 0.3 is 0 Å². The monoisotopic (exact) mass is 315 g/mol. The Morgan fingerprint density at radius 3 is 1.45 bits per heavy atom. The molecule has 0 amide bonds. The van der Waals surface area contributed by atoms with Gasteiger partial charge in [0.1, 0.15) is 0 Å². The van der Waals surface area contributed by atoms with Crippen molar-refractivity contribution in [3.63, 3.8) is 0 Å². The van der Waals surface area contributed by atoms with Crippen molar-refractivity contribution in [3.8, 4) is 0 Å². The van der Waals surface area contributed by atoms with Crippen LogP contribution in [0.4, 0.5) is 0 Å². The Kier molecular flexibility index (Phi) is 16.3. The summed E-state index contributed by atoms with van der Waals surface area (Å²) >= 11 is 0. The lowest BCUT2D eigenvalue weighted by atomic mass is 10.0. The van der Waals surface area contributed by atoms with Gasteiger partial charge in [0.05, 0.1) is 6.10 Å². The van der Waals surface area contributed by atoms with E-state index in [1.165, 1.54) is 57.8 Å². The van der Waals surface area contributed by atoms with Gasteiger partial charge in [0.25, 0.3) is 0 Å². The second kappa shape index (κ2) is 16.8. The third-order valence-electron chi connectivity index (χ3n) is 4.10. The maximum Gasteiger partial charge on any atom is 0.0592 e. The fourth-order valence-corrected chi connectivity index (χ4v) is 2.73. The number of carboxylic acid groups (broad SMARTS) is 1. The van der Waals surface area contributed by atoms with Gasteiger partial charge < -0.3 is 20.1 Å². The lowest BCUT2D eigenvalue weighted by molar-refractivity contribution is -0.307. The largest absolute Gasteiger partial charge is 0.550 e. The highest BCUT2D eigenvalue weighted by Crippen LogP contribution is 2.13. The Bertz CT molecular complexity index is 243. The number of rotatable bonds is 17. The topological polar surface area (TPSA) is 80.6 Å². The predicted octanol–water partition coefficient (Wildman–Crippen LogP) is 2.94. The standard InChI is InChI=1S/C18H36O4/c19-15-13-11-9-7-5-3-1-2-4-6-8-10-12-14-17(20)16-18(21)22/h17,19-20H,1-16H2,(H,21,22)/p-1. The molecule has 4 heteroatoms. The number of hydrogen-bond acceptors (Lipinski definition) is 4. The van der Waals surface area contributed by atoms with Crippen LogP contribution in [-0.2, 0) is 4.79 Å². The van der Waals surface area contributed by atoms with Crippen molar-refractivity contribution >= 4 is 5.97 Å². The zero-order chi connectivity index (χ0) is 16.5. The molecule has 0 aliphatic rings. The molecule has 0 spiro atoms. The highest BCUT2D eigenvalue weighted by atomic mass is 16.4. The van der Waals surface area contributed by atoms with Crippen LogP contribution in [0.15, 0.2) is 0 Å². The van der Waals surface area contributed by atoms with Crippen LogP contribution in [0.1, 0.15) is 96.3 Å². The molecule has 0 fully saturated rings. The van der Waals surface area contributed by atoms with Crippen molar-refractivity contribution in [1.29, 1.82) is 0 Å². The van der Waals surface area contributed by atoms with Crippen molar-refractivity contribution in [2.75, 3.05) is 6.61 Å². The smallest absolute Gasteiger partial charge is 0.0592 e. The summed E-state index contributed by atoms with van der Waals surface area (Å²) in [7, 11) is 0. The Balaban J connectivity index is 3.07. The molecule has 0 radical (unpaired) electrons. The van der Waals surface area contributed by atoms with Crippen LogP contribution in [0.2, 0.25) is 0 Å². The molecule has 132 valence electrons. The summed E-state index contributed by atoms with van der Waals surface area (Å²) in [6, 6.07) is 0. The van der Waals surface area contributed by atoms with Crippen LogP contribution in [0.25, 0.3) is 0 Å². The molecular formula is C18H35O4-. The first-order valence-corrected chi connectivity index (χ1v) is 9.15. The minimum Gasteiger partial charge on any atom is -0.550 e. The number of aliphatic hydroxyl groups is 2. The molecule has 0 aliphatic carbocycles. The minimum atomic E-state index is -1.17. The van der Waals surface area contributed by atoms with Gasteiger partial charge in [-0.2, -0.15) is 0 Å². The molecule has 0 heterocycles. The zero-order valence-electron chi connectivity index (χ0n) is 14.1. The SMILES string of the molecule is O=C([O-])CC(O)CCCCCCCCCCCCCCCO. The summed E-state index contributed by atoms with van der Waals surface area (Å²) in [4.78, 5) is 10.3. The van der Waals surface area contributed by atoms with E-state index in [1.54, 1.807) is 0 Å². The Hall–Kier alpha value is -0.610. The number of unbranched alkanes of at least 4 members (excludes halogenated alkanes) is 12. The molecule has 0 rings (SSSR count). The molecule has 0 aromatic rings. The lowest BCUT2D eigenvalue weighted by Gasteiger charge is -2.10. The number of aliphatic carboxylic acids is 1. The van der Waals surface area contributed by atoms with E-state index in [-0.39, 0.29) is 6.42 Å². The molecule has 0 bridgehead atoms. The third-order valence-corrected chi connectivity index (χ3v) is 4.10. The van der Waals surface area contributed by atoms with Crippen molar-refractivity contribution in [2.45, 2.75) is 102 Å². The van der Waals surface area contributed by atoms with Gasteiger partial charge in [-0.25, -0.2) is 0 Å². The molecule has 1 atom stereocenters. The fourth-order valence-electron chi connectivity index (χ4n) is 2.73. The van der Waals surface area contributed by atoms with Crippen LogP contribution >= 0.6 is 0 Å². The van der Waals surface area contributed by atoms with Crippen molar-refractivity contribution in [2.24, 2.45) is 0 Å². The van der Waals surface area contributed by atoms with Crippen LogP contribution in [0.3, 0.4) is 0 Å². The highest BCUT2D eigenvalue weighted by molar-refractivity contribution is 5.64. The first-order valence-electron chi connectivity index (χ1n) is 9.15. The predicted molar refractivity (Wildman–Crippen MR) is 87.4 cm³/mol. The van der Waals surface area contributed by atoms with Gasteiger partial charge in [0.2, 0.25) is 0 Å². The van der Waals surface area contributed by atoms with E-state index in [0.717, 1.165) is 25.7 Å². The molecule has 0 aromatic carbocycles. The van der Waals surface area contributed by atoms with Gasteiger partial charge in [0.15, 0.2) is 0 Å². The van der Waals surface area contributed by atoms with Crippen molar-refractivity contribution < 1.29 is 20.1 Å². The second-order valence-electron chi connectivity index (χ2n) is 6.34. The summed E-state index contributed by atoms with van der Waals surface area (Å²) in [5.74, 6) is -1.17. The molecule has 22 heavy (non-hydrogen) atoms. The molecule has 0 aliphatic heterocycles. The van der Waals surface area contributed by atoms with E-state index in [9.17, 15) is 15.0 Å². The van der Waals surface area contributed by atoms with Gasteiger partial charge in [-0.05, 0) is 12.8 Å². The molecular weight excluding hydrogens is 280 g/mol. The van der Waals surface area contributed by atoms with E-state index in [4.69, 9.17) is 5.11 Å². The maximum atomic E-state index is 10.3. The Morgan fingerprint density at radius 2 is 1.09 bits per heavy atom. The Labute approximate surface area is 135 Å². The quantitative estimate of drug-likeness (QED) is 0.404. The first kappa shape index (κ1) is 21.4. The average Bonchev–Trinajstić information content (AvgIpc) is 2.47. The summed E-state index contributed by atoms with van der Waals surface area (Å²) in [6.07, 6.45) is 15.2. The van der Waals surface area contributed by atoms with E-state index in [1.807, 2.05) is 0 Å². The molecule has 2 N–H and O–H groups in total. The first-order chi connectivity index (χ1) is 10.7. The zero-order valence-corrected chi connectivity index (χ0v) is 14.1. The van der Waals surface area contributed by atoms with Gasteiger partial charge in [-0.15, -0.1) is 0 Å². The van der Waals surface area contributed by atoms with E-state index >= 15 is 0 Å². The minimum absolute atomic E-state index is 0.236. The Morgan fingerprint density at radius 1 is 0.727 bits per heavy atom. The van der Waals surface area contributed by atoms with Crippen LogP contribution in [0, 0.1) is 0 Å². The number of hydrogen-bond donors (Lipinski definition) is 2. The molecule has 0 saturated heterocycles. The van der Waals surface area contributed by atoms with Crippen molar-refractivity contribution in [3.05, 3.63) is 0 Å². The van der Waals surface area contributed by atoms with Gasteiger partial charge in [0, 0.05) is 19.0 Å². The van der Waals surface area contributed by atoms with E-state index in [0.29, 0.717) is 13.0 Å². The molecule has 4 nitrogen and oxygen atoms in total. The summed E-state index contributed by atoms with van der Waals surface area (Å²) in [5.41, 5.74) is 0. The number of aliphatic hydroxyl groups excluding tert-OH is 2. The van der Waals surface area contributed by atoms with Gasteiger partial charge in [-0.3, -0.25) is 0 Å². The summed E-state index contributed by atoms with van der Waals surface area (Å²) < 4.78 is 0. The number of carboxylic acids is 1. The maximum absolute atomic E-state index is 10.3. The fraction of sp³-hybridized carbons (Fsp3) is 0.944. The summed E-state index contributed by atoms with van der Waals surface area (Å²) in [5, 5.41) is 28.3. The second-order valence-corrected chi connectivity index (χ2v) is 6.34. The van der Waals surface area contributed by atoms with E-state index < -0.39 is 12.1 Å². The number of carbonyl (C=O) groups is 1. The molecule has 0 saturated carbocycles. The van der Waals surface area contributed by atoms with Crippen molar-refractivity contribution in [1.82, 2.24) is 0 Å². The molecule has 0 aromatic heterocycles. The normalized spacial score (nSPS) is 12.5. The van der Waals surface area contributed by atoms with Crippen LogP contribution in [-0.4, -0.2) is 28.9 Å². The highest BCUT2D eigenvalue weighted by Gasteiger charge is 2.03. The number of carbonyl (C=O) groups excluding carboxylic acids is 1. The third kappa shape index (κ3) is 17.4. The van der Waals surface area contributed by atoms with E-state index in [2.05, 4.69) is 0 Å². The van der Waals surface area contributed by atoms with Crippen LogP contribution in [0.5, 0.6) is 0 Å². The van der Waals surface area contributed by atoms with Crippen LogP contribution < -0.4 is 5.11 Å². The summed E-state index contributed by atoms with van der Waals surface area (Å²) in [6.45, 7) is 0.329.